The lowest BCUT2D eigenvalue weighted by Gasteiger charge is -2.13. The van der Waals surface area contributed by atoms with Crippen LogP contribution in [0.1, 0.15) is 35.3 Å². The van der Waals surface area contributed by atoms with E-state index in [9.17, 15) is 9.59 Å². The van der Waals surface area contributed by atoms with Gasteiger partial charge >= 0.3 is 0 Å². The van der Waals surface area contributed by atoms with Gasteiger partial charge in [-0.3, -0.25) is 19.9 Å². The van der Waals surface area contributed by atoms with Crippen LogP contribution in [-0.2, 0) is 18.4 Å². The highest BCUT2D eigenvalue weighted by molar-refractivity contribution is 6.05. The Morgan fingerprint density at radius 2 is 2.13 bits per heavy atom. The number of nitrogens with one attached hydrogen (secondary N) is 2. The topological polar surface area (TPSA) is 125 Å². The number of rotatable bonds is 5. The predicted molar refractivity (Wildman–Crippen MR) is 147 cm³/mol. The van der Waals surface area contributed by atoms with Gasteiger partial charge in [-0.05, 0) is 56.5 Å². The normalized spacial score (nSPS) is 13.7. The number of fused-ring (bicyclic) bond motifs is 7. The summed E-state index contributed by atoms with van der Waals surface area (Å²) in [4.78, 5) is 34.3. The van der Waals surface area contributed by atoms with E-state index in [1.807, 2.05) is 36.7 Å². The van der Waals surface area contributed by atoms with Crippen molar-refractivity contribution < 1.29 is 19.1 Å². The molecule has 11 nitrogen and oxygen atoms in total. The second kappa shape index (κ2) is 11.4. The number of ether oxygens (including phenoxy) is 2. The van der Waals surface area contributed by atoms with Crippen molar-refractivity contribution in [1.82, 2.24) is 29.6 Å². The van der Waals surface area contributed by atoms with E-state index in [-0.39, 0.29) is 18.4 Å². The van der Waals surface area contributed by atoms with Gasteiger partial charge in [0.25, 0.3) is 5.91 Å². The molecule has 0 atom stereocenters. The van der Waals surface area contributed by atoms with Crippen molar-refractivity contribution in [3.8, 4) is 22.9 Å². The molecule has 0 saturated carbocycles. The lowest BCUT2D eigenvalue weighted by atomic mass is 10.1. The molecule has 11 heteroatoms. The first kappa shape index (κ1) is 26.0. The molecule has 3 aromatic heterocycles. The molecule has 1 aliphatic rings. The molecule has 1 aromatic carbocycles. The number of pyridine rings is 1. The second-order valence-electron chi connectivity index (χ2n) is 9.29. The van der Waals surface area contributed by atoms with Crippen molar-refractivity contribution in [3.05, 3.63) is 60.4 Å². The largest absolute Gasteiger partial charge is 0.489 e. The molecule has 4 heterocycles. The molecule has 202 valence electrons. The summed E-state index contributed by atoms with van der Waals surface area (Å²) in [5.74, 6) is 1.14. The standard InChI is InChI=1S/C28H31N7O4/c1-4-24(36)29-11-14-38-23-10-8-9-21-25(23)35-12-6-5-7-13-39-27-20(17-30-34(27)3)22-16-19(15-18(2)31-22)26(37)33-28(35)32-21/h4,8-10,15-17H,1,5-7,11-14H2,2-3H3,(H,29,36)(H,32,33,37). The minimum atomic E-state index is -0.297. The van der Waals surface area contributed by atoms with Gasteiger partial charge < -0.3 is 19.4 Å². The van der Waals surface area contributed by atoms with Crippen molar-refractivity contribution in [2.24, 2.45) is 7.05 Å². The smallest absolute Gasteiger partial charge is 0.258 e. The average molecular weight is 530 g/mol. The Balaban J connectivity index is 1.50. The molecule has 0 radical (unpaired) electrons. The molecule has 1 aliphatic heterocycles. The average Bonchev–Trinajstić information content (AvgIpc) is 3.47. The Kier molecular flexibility index (Phi) is 7.57. The van der Waals surface area contributed by atoms with Gasteiger partial charge in [0.05, 0.1) is 36.1 Å². The third-order valence-corrected chi connectivity index (χ3v) is 6.44. The van der Waals surface area contributed by atoms with Gasteiger partial charge in [0.2, 0.25) is 17.7 Å². The second-order valence-corrected chi connectivity index (χ2v) is 9.29. The van der Waals surface area contributed by atoms with E-state index >= 15 is 0 Å². The van der Waals surface area contributed by atoms with Gasteiger partial charge in [-0.2, -0.15) is 5.10 Å². The first-order valence-electron chi connectivity index (χ1n) is 12.9. The summed E-state index contributed by atoms with van der Waals surface area (Å²) in [6, 6.07) is 9.09. The van der Waals surface area contributed by atoms with Crippen molar-refractivity contribution >= 4 is 28.8 Å². The first-order valence-corrected chi connectivity index (χ1v) is 12.9. The lowest BCUT2D eigenvalue weighted by Crippen LogP contribution is -2.26. The quantitative estimate of drug-likeness (QED) is 0.299. The monoisotopic (exact) mass is 529 g/mol. The summed E-state index contributed by atoms with van der Waals surface area (Å²) in [6.45, 7) is 7.07. The maximum absolute atomic E-state index is 13.5. The molecule has 0 fully saturated rings. The van der Waals surface area contributed by atoms with E-state index in [1.165, 1.54) is 6.08 Å². The van der Waals surface area contributed by atoms with Crippen LogP contribution >= 0.6 is 0 Å². The van der Waals surface area contributed by atoms with Crippen LogP contribution in [0.5, 0.6) is 11.6 Å². The molecule has 39 heavy (non-hydrogen) atoms. The van der Waals surface area contributed by atoms with Gasteiger partial charge in [0.1, 0.15) is 17.9 Å². The number of amides is 2. The molecule has 0 unspecified atom stereocenters. The van der Waals surface area contributed by atoms with E-state index in [1.54, 1.807) is 23.0 Å². The zero-order chi connectivity index (χ0) is 27.4. The number of aromatic nitrogens is 5. The van der Waals surface area contributed by atoms with Crippen LogP contribution in [0.2, 0.25) is 0 Å². The summed E-state index contributed by atoms with van der Waals surface area (Å²) in [5, 5.41) is 10.1. The van der Waals surface area contributed by atoms with Crippen LogP contribution in [0.4, 0.5) is 5.95 Å². The Hall–Kier alpha value is -4.67. The van der Waals surface area contributed by atoms with E-state index in [0.717, 1.165) is 30.3 Å². The maximum atomic E-state index is 13.5. The van der Waals surface area contributed by atoms with E-state index in [2.05, 4.69) is 27.3 Å². The Bertz CT molecular complexity index is 1540. The molecular weight excluding hydrogens is 498 g/mol. The molecule has 4 aromatic rings. The van der Waals surface area contributed by atoms with Crippen LogP contribution < -0.4 is 20.1 Å². The van der Waals surface area contributed by atoms with Gasteiger partial charge in [0.15, 0.2) is 0 Å². The van der Waals surface area contributed by atoms with Crippen molar-refractivity contribution in [1.29, 1.82) is 0 Å². The van der Waals surface area contributed by atoms with E-state index in [0.29, 0.717) is 59.7 Å². The third kappa shape index (κ3) is 5.62. The minimum absolute atomic E-state index is 0.256. The third-order valence-electron chi connectivity index (χ3n) is 6.44. The van der Waals surface area contributed by atoms with Gasteiger partial charge in [-0.1, -0.05) is 12.6 Å². The van der Waals surface area contributed by atoms with Crippen LogP contribution in [0, 0.1) is 6.92 Å². The fourth-order valence-electron chi connectivity index (χ4n) is 4.59. The molecular formula is C28H31N7O4. The van der Waals surface area contributed by atoms with Gasteiger partial charge in [-0.15, -0.1) is 0 Å². The number of aryl methyl sites for hydroxylation is 3. The number of hydrogen-bond acceptors (Lipinski definition) is 7. The highest BCUT2D eigenvalue weighted by Gasteiger charge is 2.21. The highest BCUT2D eigenvalue weighted by Crippen LogP contribution is 2.32. The van der Waals surface area contributed by atoms with E-state index < -0.39 is 0 Å². The number of nitrogens with zero attached hydrogens (tertiary/aromatic N) is 5. The fraction of sp³-hybridized carbons (Fsp3) is 0.321. The predicted octanol–water partition coefficient (Wildman–Crippen LogP) is 3.64. The minimum Gasteiger partial charge on any atom is -0.489 e. The summed E-state index contributed by atoms with van der Waals surface area (Å²) in [6.07, 6.45) is 5.52. The lowest BCUT2D eigenvalue weighted by molar-refractivity contribution is -0.116. The van der Waals surface area contributed by atoms with Crippen LogP contribution in [0.25, 0.3) is 22.3 Å². The Morgan fingerprint density at radius 3 is 2.97 bits per heavy atom. The molecule has 2 amide bonds. The summed E-state index contributed by atoms with van der Waals surface area (Å²) < 4.78 is 15.8. The highest BCUT2D eigenvalue weighted by atomic mass is 16.5. The number of hydrogen-bond donors (Lipinski definition) is 2. The summed E-state index contributed by atoms with van der Waals surface area (Å²) >= 11 is 0. The number of anilines is 1. The van der Waals surface area contributed by atoms with Crippen LogP contribution in [0.3, 0.4) is 0 Å². The number of para-hydroxylation sites is 1. The van der Waals surface area contributed by atoms with Crippen molar-refractivity contribution in [3.63, 3.8) is 0 Å². The van der Waals surface area contributed by atoms with Gasteiger partial charge in [-0.25, -0.2) is 9.67 Å². The Labute approximate surface area is 225 Å². The maximum Gasteiger partial charge on any atom is 0.258 e. The van der Waals surface area contributed by atoms with E-state index in [4.69, 9.17) is 14.5 Å². The SMILES string of the molecule is C=CC(=O)NCCOc1cccc2nc3n(c12)CCCCCOc1c(cnn1C)-c1cc(cc(C)n1)C(=O)N3. The number of carbonyl (C=O) groups is 2. The fourth-order valence-corrected chi connectivity index (χ4v) is 4.59. The molecule has 0 aliphatic carbocycles. The molecule has 5 rings (SSSR count). The number of imidazole rings is 1. The van der Waals surface area contributed by atoms with Gasteiger partial charge in [0, 0.05) is 24.8 Å². The molecule has 0 spiro atoms. The zero-order valence-electron chi connectivity index (χ0n) is 22.1. The first-order chi connectivity index (χ1) is 18.9. The Morgan fingerprint density at radius 1 is 1.26 bits per heavy atom. The molecule has 2 N–H and O–H groups in total. The molecule has 2 bridgehead atoms. The summed E-state index contributed by atoms with van der Waals surface area (Å²) in [7, 11) is 1.83. The van der Waals surface area contributed by atoms with Crippen LogP contribution in [-0.4, -0.2) is 55.9 Å². The van der Waals surface area contributed by atoms with Crippen molar-refractivity contribution in [2.75, 3.05) is 25.1 Å². The van der Waals surface area contributed by atoms with Crippen LogP contribution in [0.15, 0.2) is 49.2 Å². The molecule has 0 saturated heterocycles. The number of carbonyl (C=O) groups excluding carboxylic acids is 2. The number of benzene rings is 1. The summed E-state index contributed by atoms with van der Waals surface area (Å²) in [5.41, 5.74) is 4.00. The van der Waals surface area contributed by atoms with Crippen molar-refractivity contribution in [2.45, 2.75) is 32.7 Å². The zero-order valence-corrected chi connectivity index (χ0v) is 22.1.